The first-order valence-electron chi connectivity index (χ1n) is 6.50. The van der Waals surface area contributed by atoms with Gasteiger partial charge in [-0.05, 0) is 23.8 Å². The summed E-state index contributed by atoms with van der Waals surface area (Å²) in [5.74, 6) is 1.31. The Morgan fingerprint density at radius 2 is 2.11 bits per heavy atom. The molecule has 19 heavy (non-hydrogen) atoms. The minimum absolute atomic E-state index is 0.435. The number of hydrogen-bond acceptors (Lipinski definition) is 3. The zero-order valence-electron chi connectivity index (χ0n) is 10.7. The van der Waals surface area contributed by atoms with Crippen LogP contribution in [0.15, 0.2) is 42.6 Å². The van der Waals surface area contributed by atoms with Gasteiger partial charge in [-0.1, -0.05) is 25.1 Å². The van der Waals surface area contributed by atoms with E-state index in [1.54, 1.807) is 0 Å². The average Bonchev–Trinajstić information content (AvgIpc) is 2.70. The fourth-order valence-corrected chi connectivity index (χ4v) is 2.76. The number of hydrogen-bond donors (Lipinski definition) is 1. The van der Waals surface area contributed by atoms with Gasteiger partial charge in [0, 0.05) is 24.3 Å². The Bertz CT molecular complexity index is 760. The van der Waals surface area contributed by atoms with Gasteiger partial charge in [0.2, 0.25) is 5.95 Å². The van der Waals surface area contributed by atoms with Crippen molar-refractivity contribution in [3.63, 3.8) is 0 Å². The lowest BCUT2D eigenvalue weighted by Crippen LogP contribution is -2.04. The van der Waals surface area contributed by atoms with Crippen molar-refractivity contribution in [3.05, 3.63) is 48.2 Å². The topological polar surface area (TPSA) is 42.7 Å². The van der Waals surface area contributed by atoms with Crippen LogP contribution >= 0.6 is 0 Å². The van der Waals surface area contributed by atoms with Crippen LogP contribution in [0.2, 0.25) is 0 Å². The molecule has 1 aromatic carbocycles. The Balaban J connectivity index is 1.96. The Morgan fingerprint density at radius 1 is 1.21 bits per heavy atom. The molecule has 2 aromatic heterocycles. The summed E-state index contributed by atoms with van der Waals surface area (Å²) in [6.07, 6.45) is 1.82. The first-order chi connectivity index (χ1) is 9.33. The van der Waals surface area contributed by atoms with Crippen molar-refractivity contribution in [2.45, 2.75) is 19.4 Å². The summed E-state index contributed by atoms with van der Waals surface area (Å²) in [7, 11) is 0. The van der Waals surface area contributed by atoms with Crippen molar-refractivity contribution in [2.75, 3.05) is 5.32 Å². The third kappa shape index (κ3) is 1.53. The van der Waals surface area contributed by atoms with Gasteiger partial charge in [-0.15, -0.1) is 0 Å². The number of imidazole rings is 1. The van der Waals surface area contributed by atoms with Gasteiger partial charge in [-0.25, -0.2) is 9.97 Å². The zero-order chi connectivity index (χ0) is 12.8. The lowest BCUT2D eigenvalue weighted by Gasteiger charge is -2.12. The third-order valence-corrected chi connectivity index (χ3v) is 3.70. The second-order valence-corrected chi connectivity index (χ2v) is 5.01. The van der Waals surface area contributed by atoms with Crippen LogP contribution in [-0.2, 0) is 6.54 Å². The summed E-state index contributed by atoms with van der Waals surface area (Å²) in [4.78, 5) is 9.09. The van der Waals surface area contributed by atoms with E-state index in [2.05, 4.69) is 51.0 Å². The van der Waals surface area contributed by atoms with Crippen molar-refractivity contribution in [3.8, 4) is 0 Å². The molecule has 0 bridgehead atoms. The molecule has 4 rings (SSSR count). The largest absolute Gasteiger partial charge is 0.325 e. The summed E-state index contributed by atoms with van der Waals surface area (Å²) in [6, 6.07) is 12.3. The second-order valence-electron chi connectivity index (χ2n) is 5.01. The van der Waals surface area contributed by atoms with Crippen molar-refractivity contribution in [1.29, 1.82) is 0 Å². The molecule has 0 fully saturated rings. The highest BCUT2D eigenvalue weighted by Gasteiger charge is 2.21. The van der Waals surface area contributed by atoms with Crippen LogP contribution in [0.1, 0.15) is 18.4 Å². The van der Waals surface area contributed by atoms with Crippen LogP contribution in [0.3, 0.4) is 0 Å². The van der Waals surface area contributed by atoms with E-state index in [1.807, 2.05) is 18.3 Å². The highest BCUT2D eigenvalue weighted by molar-refractivity contribution is 5.77. The molecule has 3 aromatic rings. The summed E-state index contributed by atoms with van der Waals surface area (Å²) >= 11 is 0. The Hall–Kier alpha value is -2.36. The lowest BCUT2D eigenvalue weighted by atomic mass is 9.99. The monoisotopic (exact) mass is 250 g/mol. The smallest absolute Gasteiger partial charge is 0.209 e. The quantitative estimate of drug-likeness (QED) is 0.665. The van der Waals surface area contributed by atoms with E-state index in [0.29, 0.717) is 5.92 Å². The molecule has 94 valence electrons. The number of aromatic nitrogens is 3. The van der Waals surface area contributed by atoms with Crippen molar-refractivity contribution in [1.82, 2.24) is 14.5 Å². The molecule has 4 heteroatoms. The minimum atomic E-state index is 0.435. The van der Waals surface area contributed by atoms with Crippen LogP contribution in [-0.4, -0.2) is 14.5 Å². The van der Waals surface area contributed by atoms with E-state index in [1.165, 1.54) is 5.56 Å². The van der Waals surface area contributed by atoms with Crippen LogP contribution in [0.4, 0.5) is 11.6 Å². The average molecular weight is 250 g/mol. The predicted molar refractivity (Wildman–Crippen MR) is 75.7 cm³/mol. The summed E-state index contributed by atoms with van der Waals surface area (Å²) in [5, 5.41) is 3.43. The van der Waals surface area contributed by atoms with E-state index in [4.69, 9.17) is 0 Å². The first kappa shape index (κ1) is 10.6. The van der Waals surface area contributed by atoms with E-state index >= 15 is 0 Å². The van der Waals surface area contributed by atoms with Crippen LogP contribution < -0.4 is 5.32 Å². The molecule has 0 radical (unpaired) electrons. The maximum atomic E-state index is 4.64. The molecule has 0 saturated heterocycles. The van der Waals surface area contributed by atoms with E-state index in [9.17, 15) is 0 Å². The minimum Gasteiger partial charge on any atom is -0.325 e. The number of fused-ring (bicyclic) bond motifs is 4. The molecule has 0 saturated carbocycles. The molecular weight excluding hydrogens is 236 g/mol. The molecule has 0 aliphatic carbocycles. The van der Waals surface area contributed by atoms with Crippen LogP contribution in [0.5, 0.6) is 0 Å². The fourth-order valence-electron chi connectivity index (χ4n) is 2.76. The maximum absolute atomic E-state index is 4.64. The molecule has 4 nitrogen and oxygen atoms in total. The van der Waals surface area contributed by atoms with Gasteiger partial charge >= 0.3 is 0 Å². The number of rotatable bonds is 0. The number of anilines is 2. The first-order valence-corrected chi connectivity index (χ1v) is 6.50. The Labute approximate surface area is 111 Å². The molecule has 1 aliphatic heterocycles. The molecule has 1 N–H and O–H groups in total. The molecule has 1 unspecified atom stereocenters. The number of nitrogens with one attached hydrogen (secondary N) is 1. The van der Waals surface area contributed by atoms with Crippen LogP contribution in [0, 0.1) is 0 Å². The maximum Gasteiger partial charge on any atom is 0.209 e. The standard InChI is InChI=1S/C15H14N4/c1-10-9-19-14-13(7-4-8-16-14)18-15(19)17-12-6-3-2-5-11(10)12/h2-8,10H,9H2,1H3,(H,17,18). The van der Waals surface area contributed by atoms with Gasteiger partial charge in [0.15, 0.2) is 5.65 Å². The summed E-state index contributed by atoms with van der Waals surface area (Å²) in [5.41, 5.74) is 4.36. The van der Waals surface area contributed by atoms with Crippen molar-refractivity contribution >= 4 is 22.8 Å². The number of benzene rings is 1. The number of pyridine rings is 1. The second kappa shape index (κ2) is 3.82. The predicted octanol–water partition coefficient (Wildman–Crippen LogP) is 3.29. The zero-order valence-corrected chi connectivity index (χ0v) is 10.7. The molecule has 3 heterocycles. The summed E-state index contributed by atoms with van der Waals surface area (Å²) in [6.45, 7) is 3.14. The molecule has 1 aliphatic rings. The van der Waals surface area contributed by atoms with E-state index in [-0.39, 0.29) is 0 Å². The third-order valence-electron chi connectivity index (χ3n) is 3.70. The normalized spacial score (nSPS) is 17.4. The van der Waals surface area contributed by atoms with Gasteiger partial charge in [0.25, 0.3) is 0 Å². The Morgan fingerprint density at radius 3 is 3.05 bits per heavy atom. The highest BCUT2D eigenvalue weighted by atomic mass is 15.2. The van der Waals surface area contributed by atoms with Gasteiger partial charge in [-0.3, -0.25) is 4.57 Å². The van der Waals surface area contributed by atoms with E-state index < -0.39 is 0 Å². The SMILES string of the molecule is CC1Cn2c(nc3cccnc32)Nc2ccccc21. The van der Waals surface area contributed by atoms with Crippen molar-refractivity contribution < 1.29 is 0 Å². The van der Waals surface area contributed by atoms with Crippen LogP contribution in [0.25, 0.3) is 11.2 Å². The highest BCUT2D eigenvalue weighted by Crippen LogP contribution is 2.33. The Kier molecular flexibility index (Phi) is 2.12. The van der Waals surface area contributed by atoms with Crippen molar-refractivity contribution in [2.24, 2.45) is 0 Å². The number of nitrogens with zero attached hydrogens (tertiary/aromatic N) is 3. The molecule has 1 atom stereocenters. The molecule has 0 spiro atoms. The fraction of sp³-hybridized carbons (Fsp3) is 0.200. The van der Waals surface area contributed by atoms with Gasteiger partial charge in [-0.2, -0.15) is 0 Å². The van der Waals surface area contributed by atoms with Gasteiger partial charge in [0.05, 0.1) is 0 Å². The molecule has 0 amide bonds. The van der Waals surface area contributed by atoms with Gasteiger partial charge < -0.3 is 5.32 Å². The lowest BCUT2D eigenvalue weighted by molar-refractivity contribution is 0.622. The number of para-hydroxylation sites is 1. The van der Waals surface area contributed by atoms with Gasteiger partial charge in [0.1, 0.15) is 5.52 Å². The molecular formula is C15H14N4. The summed E-state index contributed by atoms with van der Waals surface area (Å²) < 4.78 is 2.17. The van der Waals surface area contributed by atoms with E-state index in [0.717, 1.165) is 29.3 Å².